The van der Waals surface area contributed by atoms with Gasteiger partial charge >= 0.3 is 0 Å². The predicted molar refractivity (Wildman–Crippen MR) is 80.0 cm³/mol. The largest absolute Gasteiger partial charge is 0.312 e. The van der Waals surface area contributed by atoms with Gasteiger partial charge in [0.1, 0.15) is 0 Å². The second kappa shape index (κ2) is 6.36. The summed E-state index contributed by atoms with van der Waals surface area (Å²) in [5.41, 5.74) is 1.07. The Labute approximate surface area is 120 Å². The molecule has 2 rings (SSSR count). The molecule has 0 aliphatic heterocycles. The van der Waals surface area contributed by atoms with Crippen LogP contribution in [0, 0.1) is 0 Å². The Morgan fingerprint density at radius 1 is 1.11 bits per heavy atom. The van der Waals surface area contributed by atoms with Gasteiger partial charge in [-0.1, -0.05) is 27.7 Å². The quantitative estimate of drug-likeness (QED) is 0.909. The molecule has 2 aromatic rings. The van der Waals surface area contributed by atoms with Crippen molar-refractivity contribution in [3.8, 4) is 0 Å². The number of benzene rings is 1. The fourth-order valence-electron chi connectivity index (χ4n) is 1.49. The van der Waals surface area contributed by atoms with Gasteiger partial charge in [-0.2, -0.15) is 0 Å². The fraction of sp³-hybridized carbons (Fsp3) is 0.214. The van der Waals surface area contributed by atoms with E-state index in [0.717, 1.165) is 15.1 Å². The summed E-state index contributed by atoms with van der Waals surface area (Å²) in [6.45, 7) is 2.10. The van der Waals surface area contributed by atoms with E-state index in [-0.39, 0.29) is 6.04 Å². The third kappa shape index (κ3) is 3.57. The predicted octanol–water partition coefficient (Wildman–Crippen LogP) is 4.28. The maximum atomic E-state index is 4.47. The van der Waals surface area contributed by atoms with E-state index in [1.165, 1.54) is 4.90 Å². The molecule has 0 aliphatic rings. The first kappa shape index (κ1) is 13.6. The molecule has 1 atom stereocenters. The minimum atomic E-state index is 0.289. The standard InChI is InChI=1S/C14H15BrN2S/c1-10(16-2)14-8-7-13(9-17-14)18-12-5-3-11(15)4-6-12/h3-10,16H,1-2H3. The molecule has 94 valence electrons. The van der Waals surface area contributed by atoms with Crippen LogP contribution in [0.2, 0.25) is 0 Å². The maximum Gasteiger partial charge on any atom is 0.0571 e. The molecule has 1 heterocycles. The van der Waals surface area contributed by atoms with Gasteiger partial charge in [0.05, 0.1) is 5.69 Å². The second-order valence-electron chi connectivity index (χ2n) is 3.99. The lowest BCUT2D eigenvalue weighted by Crippen LogP contribution is -2.13. The van der Waals surface area contributed by atoms with E-state index in [1.807, 2.05) is 25.4 Å². The summed E-state index contributed by atoms with van der Waals surface area (Å²) in [6, 6.07) is 12.8. The third-order valence-corrected chi connectivity index (χ3v) is 4.20. The Morgan fingerprint density at radius 2 is 1.78 bits per heavy atom. The number of halogens is 1. The number of rotatable bonds is 4. The molecule has 1 aromatic carbocycles. The van der Waals surface area contributed by atoms with Crippen LogP contribution >= 0.6 is 27.7 Å². The molecule has 2 nitrogen and oxygen atoms in total. The van der Waals surface area contributed by atoms with Crippen molar-refractivity contribution in [3.05, 3.63) is 52.8 Å². The van der Waals surface area contributed by atoms with Crippen molar-refractivity contribution >= 4 is 27.7 Å². The lowest BCUT2D eigenvalue weighted by molar-refractivity contribution is 0.631. The summed E-state index contributed by atoms with van der Waals surface area (Å²) in [4.78, 5) is 6.84. The minimum Gasteiger partial charge on any atom is -0.312 e. The van der Waals surface area contributed by atoms with E-state index >= 15 is 0 Å². The normalized spacial score (nSPS) is 12.4. The molecule has 0 radical (unpaired) electrons. The summed E-state index contributed by atoms with van der Waals surface area (Å²) in [6.07, 6.45) is 1.93. The minimum absolute atomic E-state index is 0.289. The highest BCUT2D eigenvalue weighted by Gasteiger charge is 2.04. The Balaban J connectivity index is 2.08. The van der Waals surface area contributed by atoms with Gasteiger partial charge in [-0.3, -0.25) is 4.98 Å². The lowest BCUT2D eigenvalue weighted by atomic mass is 10.2. The molecular formula is C14H15BrN2S. The lowest BCUT2D eigenvalue weighted by Gasteiger charge is -2.09. The molecule has 1 N–H and O–H groups in total. The highest BCUT2D eigenvalue weighted by atomic mass is 79.9. The Morgan fingerprint density at radius 3 is 2.33 bits per heavy atom. The first-order chi connectivity index (χ1) is 8.69. The van der Waals surface area contributed by atoms with Gasteiger partial charge in [0, 0.05) is 26.5 Å². The molecular weight excluding hydrogens is 308 g/mol. The van der Waals surface area contributed by atoms with E-state index in [1.54, 1.807) is 11.8 Å². The van der Waals surface area contributed by atoms with Crippen molar-refractivity contribution in [3.63, 3.8) is 0 Å². The molecule has 1 aromatic heterocycles. The van der Waals surface area contributed by atoms with E-state index in [2.05, 4.69) is 57.4 Å². The van der Waals surface area contributed by atoms with Gasteiger partial charge in [0.2, 0.25) is 0 Å². The van der Waals surface area contributed by atoms with E-state index in [4.69, 9.17) is 0 Å². The smallest absolute Gasteiger partial charge is 0.0571 e. The Kier molecular flexibility index (Phi) is 4.80. The second-order valence-corrected chi connectivity index (χ2v) is 6.05. The van der Waals surface area contributed by atoms with E-state index in [9.17, 15) is 0 Å². The highest BCUT2D eigenvalue weighted by Crippen LogP contribution is 2.28. The summed E-state index contributed by atoms with van der Waals surface area (Å²) >= 11 is 5.16. The van der Waals surface area contributed by atoms with Crippen LogP contribution in [0.25, 0.3) is 0 Å². The van der Waals surface area contributed by atoms with Gasteiger partial charge < -0.3 is 5.32 Å². The summed E-state index contributed by atoms with van der Waals surface area (Å²) < 4.78 is 1.10. The van der Waals surface area contributed by atoms with Gasteiger partial charge in [0.25, 0.3) is 0 Å². The van der Waals surface area contributed by atoms with Crippen molar-refractivity contribution in [2.45, 2.75) is 22.8 Å². The Bertz CT molecular complexity index is 496. The Hall–Kier alpha value is -0.840. The third-order valence-electron chi connectivity index (χ3n) is 2.69. The number of pyridine rings is 1. The molecule has 0 spiro atoms. The van der Waals surface area contributed by atoms with Crippen LogP contribution in [-0.4, -0.2) is 12.0 Å². The molecule has 0 fully saturated rings. The molecule has 18 heavy (non-hydrogen) atoms. The molecule has 0 saturated carbocycles. The maximum absolute atomic E-state index is 4.47. The number of aromatic nitrogens is 1. The molecule has 4 heteroatoms. The molecule has 0 saturated heterocycles. The van der Waals surface area contributed by atoms with E-state index < -0.39 is 0 Å². The van der Waals surface area contributed by atoms with Crippen molar-refractivity contribution in [1.82, 2.24) is 10.3 Å². The van der Waals surface area contributed by atoms with Crippen LogP contribution in [0.4, 0.5) is 0 Å². The van der Waals surface area contributed by atoms with E-state index in [0.29, 0.717) is 0 Å². The zero-order valence-corrected chi connectivity index (χ0v) is 12.8. The zero-order chi connectivity index (χ0) is 13.0. The average Bonchev–Trinajstić information content (AvgIpc) is 2.41. The van der Waals surface area contributed by atoms with Crippen LogP contribution in [0.15, 0.2) is 56.9 Å². The van der Waals surface area contributed by atoms with Crippen molar-refractivity contribution in [1.29, 1.82) is 0 Å². The molecule has 0 amide bonds. The first-order valence-electron chi connectivity index (χ1n) is 5.75. The number of nitrogens with zero attached hydrogens (tertiary/aromatic N) is 1. The van der Waals surface area contributed by atoms with Crippen LogP contribution in [0.1, 0.15) is 18.7 Å². The number of nitrogens with one attached hydrogen (secondary N) is 1. The van der Waals surface area contributed by atoms with Gasteiger partial charge in [0.15, 0.2) is 0 Å². The SMILES string of the molecule is CNC(C)c1ccc(Sc2ccc(Br)cc2)cn1. The first-order valence-corrected chi connectivity index (χ1v) is 7.36. The number of hydrogen-bond donors (Lipinski definition) is 1. The summed E-state index contributed by atoms with van der Waals surface area (Å²) in [5.74, 6) is 0. The van der Waals surface area contributed by atoms with Crippen LogP contribution in [0.5, 0.6) is 0 Å². The van der Waals surface area contributed by atoms with Crippen LogP contribution < -0.4 is 5.32 Å². The zero-order valence-electron chi connectivity index (χ0n) is 10.4. The molecule has 0 bridgehead atoms. The highest BCUT2D eigenvalue weighted by molar-refractivity contribution is 9.10. The van der Waals surface area contributed by atoms with Crippen molar-refractivity contribution in [2.75, 3.05) is 7.05 Å². The molecule has 0 aliphatic carbocycles. The van der Waals surface area contributed by atoms with Gasteiger partial charge in [-0.15, -0.1) is 0 Å². The van der Waals surface area contributed by atoms with Gasteiger partial charge in [-0.05, 0) is 50.4 Å². The van der Waals surface area contributed by atoms with Gasteiger partial charge in [-0.25, -0.2) is 0 Å². The van der Waals surface area contributed by atoms with Crippen molar-refractivity contribution in [2.24, 2.45) is 0 Å². The average molecular weight is 323 g/mol. The summed E-state index contributed by atoms with van der Waals surface area (Å²) in [7, 11) is 1.94. The summed E-state index contributed by atoms with van der Waals surface area (Å²) in [5, 5.41) is 3.18. The fourth-order valence-corrected chi connectivity index (χ4v) is 2.55. The van der Waals surface area contributed by atoms with Crippen LogP contribution in [-0.2, 0) is 0 Å². The molecule has 1 unspecified atom stereocenters. The van der Waals surface area contributed by atoms with Crippen molar-refractivity contribution < 1.29 is 0 Å². The topological polar surface area (TPSA) is 24.9 Å². The van der Waals surface area contributed by atoms with Crippen LogP contribution in [0.3, 0.4) is 0 Å². The monoisotopic (exact) mass is 322 g/mol. The number of hydrogen-bond acceptors (Lipinski definition) is 3.